The van der Waals surface area contributed by atoms with E-state index in [1.807, 2.05) is 6.07 Å². The Morgan fingerprint density at radius 3 is 2.58 bits per heavy atom. The van der Waals surface area contributed by atoms with E-state index in [0.29, 0.717) is 5.56 Å². The summed E-state index contributed by atoms with van der Waals surface area (Å²) < 4.78 is 38.4. The van der Waals surface area contributed by atoms with Crippen LogP contribution >= 0.6 is 0 Å². The van der Waals surface area contributed by atoms with E-state index in [4.69, 9.17) is 15.2 Å². The Labute approximate surface area is 180 Å². The highest BCUT2D eigenvalue weighted by molar-refractivity contribution is 7.92. The molecule has 0 radical (unpaired) electrons. The van der Waals surface area contributed by atoms with Gasteiger partial charge in [0.25, 0.3) is 10.0 Å². The third kappa shape index (κ3) is 4.54. The summed E-state index contributed by atoms with van der Waals surface area (Å²) in [6, 6.07) is 16.3. The lowest BCUT2D eigenvalue weighted by Crippen LogP contribution is -2.25. The van der Waals surface area contributed by atoms with Gasteiger partial charge in [0.2, 0.25) is 5.88 Å². The van der Waals surface area contributed by atoms with E-state index in [2.05, 4.69) is 4.72 Å². The molecule has 0 aromatic heterocycles. The molecule has 160 valence electrons. The number of ether oxygens (including phenoxy) is 2. The summed E-state index contributed by atoms with van der Waals surface area (Å²) in [5.74, 6) is -1.40. The van der Waals surface area contributed by atoms with E-state index in [-0.39, 0.29) is 40.0 Å². The van der Waals surface area contributed by atoms with Crippen LogP contribution in [0.5, 0.6) is 0 Å². The number of benzene rings is 2. The van der Waals surface area contributed by atoms with Crippen LogP contribution < -0.4 is 10.5 Å². The molecule has 0 aliphatic carbocycles. The molecule has 0 fully saturated rings. The van der Waals surface area contributed by atoms with E-state index in [9.17, 15) is 18.5 Å². The van der Waals surface area contributed by atoms with Gasteiger partial charge in [-0.2, -0.15) is 5.26 Å². The van der Waals surface area contributed by atoms with E-state index in [0.717, 1.165) is 0 Å². The lowest BCUT2D eigenvalue weighted by atomic mass is 9.83. The van der Waals surface area contributed by atoms with Gasteiger partial charge in [0.15, 0.2) is 0 Å². The number of nitrogens with zero attached hydrogens (tertiary/aromatic N) is 1. The van der Waals surface area contributed by atoms with Gasteiger partial charge in [-0.05, 0) is 43.7 Å². The molecule has 31 heavy (non-hydrogen) atoms. The van der Waals surface area contributed by atoms with Gasteiger partial charge in [-0.25, -0.2) is 13.2 Å². The third-order valence-corrected chi connectivity index (χ3v) is 6.02. The number of nitriles is 1. The van der Waals surface area contributed by atoms with Crippen LogP contribution in [0.15, 0.2) is 82.3 Å². The molecule has 3 N–H and O–H groups in total. The molecule has 1 aliphatic rings. The maximum Gasteiger partial charge on any atom is 0.338 e. The second-order valence-electron chi connectivity index (χ2n) is 6.66. The Morgan fingerprint density at radius 2 is 1.94 bits per heavy atom. The van der Waals surface area contributed by atoms with Crippen LogP contribution in [-0.4, -0.2) is 21.0 Å². The number of nitrogens with one attached hydrogen (secondary N) is 1. The fourth-order valence-corrected chi connectivity index (χ4v) is 4.35. The monoisotopic (exact) mass is 439 g/mol. The van der Waals surface area contributed by atoms with Crippen LogP contribution in [0.2, 0.25) is 0 Å². The number of anilines is 1. The molecule has 1 aliphatic heterocycles. The van der Waals surface area contributed by atoms with Gasteiger partial charge in [-0.3, -0.25) is 4.72 Å². The van der Waals surface area contributed by atoms with Crippen molar-refractivity contribution in [1.29, 1.82) is 5.26 Å². The van der Waals surface area contributed by atoms with Crippen LogP contribution in [0.3, 0.4) is 0 Å². The van der Waals surface area contributed by atoms with Crippen molar-refractivity contribution in [2.45, 2.75) is 24.7 Å². The lowest BCUT2D eigenvalue weighted by molar-refractivity contribution is -0.139. The van der Waals surface area contributed by atoms with Gasteiger partial charge in [-0.1, -0.05) is 30.3 Å². The zero-order chi connectivity index (χ0) is 22.6. The molecule has 8 nitrogen and oxygen atoms in total. The summed E-state index contributed by atoms with van der Waals surface area (Å²) in [5.41, 5.74) is 6.82. The third-order valence-electron chi connectivity index (χ3n) is 4.63. The molecule has 0 saturated heterocycles. The van der Waals surface area contributed by atoms with Crippen LogP contribution in [0.1, 0.15) is 25.3 Å². The minimum Gasteiger partial charge on any atom is -0.463 e. The average molecular weight is 439 g/mol. The number of carbonyl (C=O) groups is 1. The first-order valence-electron chi connectivity index (χ1n) is 9.41. The van der Waals surface area contributed by atoms with E-state index in [1.165, 1.54) is 12.1 Å². The molecule has 9 heteroatoms. The predicted octanol–water partition coefficient (Wildman–Crippen LogP) is 3.13. The van der Waals surface area contributed by atoms with Gasteiger partial charge in [0.1, 0.15) is 17.4 Å². The van der Waals surface area contributed by atoms with E-state index >= 15 is 0 Å². The Bertz CT molecular complexity index is 1210. The first-order valence-corrected chi connectivity index (χ1v) is 10.9. The molecule has 1 unspecified atom stereocenters. The Morgan fingerprint density at radius 1 is 1.23 bits per heavy atom. The van der Waals surface area contributed by atoms with E-state index in [1.54, 1.807) is 56.3 Å². The zero-order valence-electron chi connectivity index (χ0n) is 17.0. The highest BCUT2D eigenvalue weighted by Gasteiger charge is 2.36. The summed E-state index contributed by atoms with van der Waals surface area (Å²) in [5, 5.41) is 9.66. The molecule has 0 bridgehead atoms. The topological polar surface area (TPSA) is 132 Å². The molecule has 0 saturated carbocycles. The summed E-state index contributed by atoms with van der Waals surface area (Å²) in [4.78, 5) is 12.7. The van der Waals surface area contributed by atoms with Crippen molar-refractivity contribution in [3.05, 3.63) is 82.9 Å². The Hall–Kier alpha value is -3.77. The molecule has 0 amide bonds. The Balaban J connectivity index is 2.05. The lowest BCUT2D eigenvalue weighted by Gasteiger charge is -2.27. The zero-order valence-corrected chi connectivity index (χ0v) is 17.8. The van der Waals surface area contributed by atoms with Gasteiger partial charge in [0.05, 0.1) is 23.0 Å². The van der Waals surface area contributed by atoms with Crippen LogP contribution in [0.4, 0.5) is 5.69 Å². The first-order chi connectivity index (χ1) is 14.8. The van der Waals surface area contributed by atoms with Gasteiger partial charge in [-0.15, -0.1) is 0 Å². The van der Waals surface area contributed by atoms with Crippen molar-refractivity contribution in [3.8, 4) is 6.07 Å². The number of rotatable bonds is 6. The number of sulfonamides is 1. The standard InChI is InChI=1S/C22H21N3O5S/c1-3-29-22(26)19-14(2)30-21(24)18(13-23)20(19)15-8-7-9-16(12-15)25-31(27,28)17-10-5-4-6-11-17/h4-12,20,25H,3,24H2,1-2H3. The van der Waals surface area contributed by atoms with Crippen molar-refractivity contribution in [2.75, 3.05) is 11.3 Å². The smallest absolute Gasteiger partial charge is 0.338 e. The maximum atomic E-state index is 12.7. The van der Waals surface area contributed by atoms with Crippen molar-refractivity contribution in [2.24, 2.45) is 5.73 Å². The number of nitrogens with two attached hydrogens (primary N) is 1. The van der Waals surface area contributed by atoms with Gasteiger partial charge < -0.3 is 15.2 Å². The Kier molecular flexibility index (Phi) is 6.32. The summed E-state index contributed by atoms with van der Waals surface area (Å²) in [7, 11) is -3.82. The molecule has 1 atom stereocenters. The van der Waals surface area contributed by atoms with E-state index < -0.39 is 21.9 Å². The second-order valence-corrected chi connectivity index (χ2v) is 8.34. The molecule has 3 rings (SSSR count). The van der Waals surface area contributed by atoms with Crippen molar-refractivity contribution in [1.82, 2.24) is 0 Å². The first kappa shape index (κ1) is 21.9. The van der Waals surface area contributed by atoms with Crippen LogP contribution in [0.25, 0.3) is 0 Å². The minimum atomic E-state index is -3.82. The highest BCUT2D eigenvalue weighted by Crippen LogP contribution is 2.40. The number of esters is 1. The molecule has 2 aromatic carbocycles. The quantitative estimate of drug-likeness (QED) is 0.661. The SMILES string of the molecule is CCOC(=O)C1=C(C)OC(N)=C(C#N)C1c1cccc(NS(=O)(=O)c2ccccc2)c1. The van der Waals surface area contributed by atoms with Crippen LogP contribution in [0, 0.1) is 11.3 Å². The molecular formula is C22H21N3O5S. The minimum absolute atomic E-state index is 0.0386. The summed E-state index contributed by atoms with van der Waals surface area (Å²) in [6.07, 6.45) is 0. The normalized spacial score (nSPS) is 16.4. The van der Waals surface area contributed by atoms with Gasteiger partial charge in [0, 0.05) is 5.69 Å². The molecule has 1 heterocycles. The fourth-order valence-electron chi connectivity index (χ4n) is 3.28. The van der Waals surface area contributed by atoms with Crippen molar-refractivity contribution in [3.63, 3.8) is 0 Å². The molecule has 2 aromatic rings. The van der Waals surface area contributed by atoms with Gasteiger partial charge >= 0.3 is 5.97 Å². The molecular weight excluding hydrogens is 418 g/mol. The average Bonchev–Trinajstić information content (AvgIpc) is 2.74. The maximum absolute atomic E-state index is 12.7. The summed E-state index contributed by atoms with van der Waals surface area (Å²) in [6.45, 7) is 3.36. The van der Waals surface area contributed by atoms with Crippen molar-refractivity contribution < 1.29 is 22.7 Å². The van der Waals surface area contributed by atoms with Crippen molar-refractivity contribution >= 4 is 21.7 Å². The van der Waals surface area contributed by atoms with Crippen LogP contribution in [-0.2, 0) is 24.3 Å². The highest BCUT2D eigenvalue weighted by atomic mass is 32.2. The largest absolute Gasteiger partial charge is 0.463 e. The number of carbonyl (C=O) groups excluding carboxylic acids is 1. The predicted molar refractivity (Wildman–Crippen MR) is 114 cm³/mol. The second kappa shape index (κ2) is 8.93. The molecule has 0 spiro atoms. The number of hydrogen-bond acceptors (Lipinski definition) is 7. The number of hydrogen-bond donors (Lipinski definition) is 2. The summed E-state index contributed by atoms with van der Waals surface area (Å²) >= 11 is 0. The fraction of sp³-hybridized carbons (Fsp3) is 0.182. The number of allylic oxidation sites excluding steroid dienone is 2.